The van der Waals surface area contributed by atoms with E-state index in [9.17, 15) is 9.18 Å². The van der Waals surface area contributed by atoms with E-state index in [2.05, 4.69) is 34.1 Å². The average Bonchev–Trinajstić information content (AvgIpc) is 2.75. The number of hydrogen-bond donors (Lipinski definition) is 1. The number of rotatable bonds is 4. The van der Waals surface area contributed by atoms with Crippen molar-refractivity contribution in [2.45, 2.75) is 39.4 Å². The third kappa shape index (κ3) is 5.20. The molecule has 2 aromatic carbocycles. The van der Waals surface area contributed by atoms with Crippen LogP contribution >= 0.6 is 24.0 Å². The molecule has 3 nitrogen and oxygen atoms in total. The molecule has 2 heterocycles. The molecular formula is C25H27Cl2FN2O. The van der Waals surface area contributed by atoms with Crippen molar-refractivity contribution in [3.63, 3.8) is 0 Å². The maximum Gasteiger partial charge on any atom is 0.208 e. The Morgan fingerprint density at radius 2 is 1.45 bits per heavy atom. The molecular weight excluding hydrogens is 434 g/mol. The lowest BCUT2D eigenvalue weighted by Crippen LogP contribution is -2.33. The summed E-state index contributed by atoms with van der Waals surface area (Å²) in [5.74, 6) is 0. The first-order valence-electron chi connectivity index (χ1n) is 10.4. The van der Waals surface area contributed by atoms with Crippen LogP contribution in [0.4, 0.5) is 4.39 Å². The molecule has 0 radical (unpaired) electrons. The van der Waals surface area contributed by atoms with Crippen LogP contribution in [0.1, 0.15) is 29.8 Å². The van der Waals surface area contributed by atoms with Crippen LogP contribution in [0.3, 0.4) is 0 Å². The molecule has 1 aliphatic heterocycles. The number of likely N-dealkylation sites (tertiary alicyclic amines) is 1. The highest BCUT2D eigenvalue weighted by atomic mass is 35.5. The minimum atomic E-state index is -0.637. The van der Waals surface area contributed by atoms with Gasteiger partial charge < -0.3 is 4.98 Å². The second kappa shape index (κ2) is 9.99. The summed E-state index contributed by atoms with van der Waals surface area (Å²) in [4.78, 5) is 18.1. The van der Waals surface area contributed by atoms with E-state index in [1.54, 1.807) is 6.92 Å². The van der Waals surface area contributed by atoms with Gasteiger partial charge in [-0.2, -0.15) is 0 Å². The maximum atomic E-state index is 13.3. The topological polar surface area (TPSA) is 36.1 Å². The number of pyridine rings is 1. The second-order valence-electron chi connectivity index (χ2n) is 8.12. The maximum absolute atomic E-state index is 13.3. The van der Waals surface area contributed by atoms with Gasteiger partial charge >= 0.3 is 0 Å². The number of benzene rings is 2. The Kier molecular flexibility index (Phi) is 7.58. The SMILES string of the molecule is Cc1[nH]c(C)c(-c2ccc(-c3ccc(CN4CCC(F)CC4)cc3)cc2)c(=O)c1Cl.Cl. The van der Waals surface area contributed by atoms with Crippen LogP contribution in [0.5, 0.6) is 0 Å². The smallest absolute Gasteiger partial charge is 0.208 e. The number of nitrogens with zero attached hydrogens (tertiary/aromatic N) is 1. The lowest BCUT2D eigenvalue weighted by molar-refractivity contribution is 0.145. The van der Waals surface area contributed by atoms with Crippen LogP contribution in [0, 0.1) is 13.8 Å². The fourth-order valence-corrected chi connectivity index (χ4v) is 4.29. The first kappa shape index (κ1) is 23.5. The largest absolute Gasteiger partial charge is 0.361 e. The average molecular weight is 461 g/mol. The normalized spacial score (nSPS) is 15.0. The number of alkyl halides is 1. The van der Waals surface area contributed by atoms with Gasteiger partial charge in [-0.3, -0.25) is 9.69 Å². The summed E-state index contributed by atoms with van der Waals surface area (Å²) in [5.41, 5.74) is 6.29. The van der Waals surface area contributed by atoms with Crippen LogP contribution in [0.2, 0.25) is 5.02 Å². The molecule has 0 unspecified atom stereocenters. The zero-order chi connectivity index (χ0) is 21.3. The van der Waals surface area contributed by atoms with Crippen LogP contribution in [-0.4, -0.2) is 29.1 Å². The Labute approximate surface area is 193 Å². The number of aromatic amines is 1. The van der Waals surface area contributed by atoms with Gasteiger partial charge in [0.05, 0.1) is 0 Å². The van der Waals surface area contributed by atoms with Crippen LogP contribution in [-0.2, 0) is 6.54 Å². The van der Waals surface area contributed by atoms with Gasteiger partial charge in [0.1, 0.15) is 11.2 Å². The minimum Gasteiger partial charge on any atom is -0.361 e. The van der Waals surface area contributed by atoms with E-state index in [1.165, 1.54) is 5.56 Å². The molecule has 0 bridgehead atoms. The standard InChI is InChI=1S/C25H26ClFN2O.ClH/c1-16-23(25(30)24(26)17(2)28-16)21-9-7-20(8-10-21)19-5-3-18(4-6-19)15-29-13-11-22(27)12-14-29;/h3-10,22H,11-15H2,1-2H3,(H,28,30);1H. The fraction of sp³-hybridized carbons (Fsp3) is 0.320. The number of piperidine rings is 1. The molecule has 31 heavy (non-hydrogen) atoms. The van der Waals surface area contributed by atoms with Crippen molar-refractivity contribution in [3.8, 4) is 22.3 Å². The molecule has 0 saturated carbocycles. The van der Waals surface area contributed by atoms with Crippen LogP contribution in [0.25, 0.3) is 22.3 Å². The number of hydrogen-bond acceptors (Lipinski definition) is 2. The van der Waals surface area contributed by atoms with Gasteiger partial charge in [0.25, 0.3) is 0 Å². The van der Waals surface area contributed by atoms with E-state index in [0.29, 0.717) is 24.1 Å². The first-order chi connectivity index (χ1) is 14.4. The van der Waals surface area contributed by atoms with Crippen molar-refractivity contribution in [3.05, 3.63) is 80.7 Å². The zero-order valence-corrected chi connectivity index (χ0v) is 19.3. The number of aryl methyl sites for hydroxylation is 2. The summed E-state index contributed by atoms with van der Waals surface area (Å²) >= 11 is 6.16. The third-order valence-corrected chi connectivity index (χ3v) is 6.34. The quantitative estimate of drug-likeness (QED) is 0.493. The molecule has 1 N–H and O–H groups in total. The van der Waals surface area contributed by atoms with E-state index < -0.39 is 6.17 Å². The predicted octanol–water partition coefficient (Wildman–Crippen LogP) is 6.33. The number of halogens is 3. The van der Waals surface area contributed by atoms with E-state index in [1.807, 2.05) is 31.2 Å². The van der Waals surface area contributed by atoms with Crippen LogP contribution < -0.4 is 5.43 Å². The summed E-state index contributed by atoms with van der Waals surface area (Å²) in [5, 5.41) is 0.242. The Morgan fingerprint density at radius 3 is 2.03 bits per heavy atom. The number of H-pyrrole nitrogens is 1. The molecule has 4 rings (SSSR count). The van der Waals surface area contributed by atoms with Crippen molar-refractivity contribution in [2.24, 2.45) is 0 Å². The van der Waals surface area contributed by atoms with Gasteiger partial charge in [0.15, 0.2) is 0 Å². The zero-order valence-electron chi connectivity index (χ0n) is 17.8. The summed E-state index contributed by atoms with van der Waals surface area (Å²) in [6, 6.07) is 16.5. The van der Waals surface area contributed by atoms with Gasteiger partial charge in [-0.25, -0.2) is 4.39 Å². The van der Waals surface area contributed by atoms with E-state index >= 15 is 0 Å². The molecule has 0 aliphatic carbocycles. The highest BCUT2D eigenvalue weighted by Gasteiger charge is 2.18. The van der Waals surface area contributed by atoms with Gasteiger partial charge in [0.2, 0.25) is 5.43 Å². The molecule has 6 heteroatoms. The van der Waals surface area contributed by atoms with Crippen molar-refractivity contribution >= 4 is 24.0 Å². The van der Waals surface area contributed by atoms with Gasteiger partial charge in [-0.1, -0.05) is 60.1 Å². The monoisotopic (exact) mass is 460 g/mol. The molecule has 1 aromatic heterocycles. The van der Waals surface area contributed by atoms with Gasteiger partial charge in [-0.05, 0) is 48.9 Å². The molecule has 1 saturated heterocycles. The number of aromatic nitrogens is 1. The lowest BCUT2D eigenvalue weighted by atomic mass is 9.98. The van der Waals surface area contributed by atoms with Gasteiger partial charge in [-0.15, -0.1) is 12.4 Å². The van der Waals surface area contributed by atoms with Crippen molar-refractivity contribution in [2.75, 3.05) is 13.1 Å². The molecule has 1 fully saturated rings. The Balaban J connectivity index is 0.00000272. The summed E-state index contributed by atoms with van der Waals surface area (Å²) in [6.45, 7) is 6.21. The first-order valence-corrected chi connectivity index (χ1v) is 10.8. The van der Waals surface area contributed by atoms with E-state index in [0.717, 1.165) is 42.0 Å². The third-order valence-electron chi connectivity index (χ3n) is 5.89. The summed E-state index contributed by atoms with van der Waals surface area (Å²) in [6.07, 6.45) is 0.639. The molecule has 3 aromatic rings. The highest BCUT2D eigenvalue weighted by Crippen LogP contribution is 2.27. The lowest BCUT2D eigenvalue weighted by Gasteiger charge is -2.28. The van der Waals surface area contributed by atoms with Crippen LogP contribution in [0.15, 0.2) is 53.3 Å². The van der Waals surface area contributed by atoms with E-state index in [-0.39, 0.29) is 22.9 Å². The molecule has 0 spiro atoms. The molecule has 164 valence electrons. The van der Waals surface area contributed by atoms with E-state index in [4.69, 9.17) is 11.6 Å². The highest BCUT2D eigenvalue weighted by molar-refractivity contribution is 6.31. The molecule has 0 atom stereocenters. The van der Waals surface area contributed by atoms with Crippen molar-refractivity contribution in [1.29, 1.82) is 0 Å². The van der Waals surface area contributed by atoms with Crippen molar-refractivity contribution in [1.82, 2.24) is 9.88 Å². The Hall–Kier alpha value is -2.14. The Morgan fingerprint density at radius 1 is 0.935 bits per heavy atom. The molecule has 0 amide bonds. The molecule has 1 aliphatic rings. The summed E-state index contributed by atoms with van der Waals surface area (Å²) in [7, 11) is 0. The number of nitrogens with one attached hydrogen (secondary N) is 1. The Bertz CT molecular complexity index is 1090. The minimum absolute atomic E-state index is 0. The fourth-order valence-electron chi connectivity index (χ4n) is 4.15. The van der Waals surface area contributed by atoms with Crippen molar-refractivity contribution < 1.29 is 4.39 Å². The van der Waals surface area contributed by atoms with Gasteiger partial charge in [0, 0.05) is 36.6 Å². The predicted molar refractivity (Wildman–Crippen MR) is 129 cm³/mol. The second-order valence-corrected chi connectivity index (χ2v) is 8.50. The summed E-state index contributed by atoms with van der Waals surface area (Å²) < 4.78 is 13.3.